The van der Waals surface area contributed by atoms with Crippen molar-refractivity contribution in [2.24, 2.45) is 10.7 Å². The lowest BCUT2D eigenvalue weighted by atomic mass is 10.1. The van der Waals surface area contributed by atoms with Gasteiger partial charge in [0.05, 0.1) is 6.54 Å². The van der Waals surface area contributed by atoms with Crippen LogP contribution in [0, 0.1) is 12.3 Å². The van der Waals surface area contributed by atoms with Crippen LogP contribution in [0.15, 0.2) is 29.3 Å². The van der Waals surface area contributed by atoms with Crippen LogP contribution in [0.3, 0.4) is 0 Å². The molecule has 0 spiro atoms. The van der Waals surface area contributed by atoms with Gasteiger partial charge in [0.2, 0.25) is 0 Å². The van der Waals surface area contributed by atoms with Crippen LogP contribution in [0.25, 0.3) is 0 Å². The Kier molecular flexibility index (Phi) is 3.11. The van der Waals surface area contributed by atoms with Gasteiger partial charge in [0.25, 0.3) is 0 Å². The lowest BCUT2D eigenvalue weighted by molar-refractivity contribution is 0.295. The fourth-order valence-corrected chi connectivity index (χ4v) is 1.58. The minimum atomic E-state index is 0.595. The van der Waals surface area contributed by atoms with Crippen molar-refractivity contribution >= 4 is 5.96 Å². The van der Waals surface area contributed by atoms with Crippen molar-refractivity contribution in [3.8, 4) is 12.3 Å². The third kappa shape index (κ3) is 2.34. The topological polar surface area (TPSA) is 41.6 Å². The number of aliphatic imine (C=N–C) groups is 1. The molecule has 16 heavy (non-hydrogen) atoms. The van der Waals surface area contributed by atoms with E-state index in [-0.39, 0.29) is 0 Å². The zero-order valence-corrected chi connectivity index (χ0v) is 9.19. The maximum Gasteiger partial charge on any atom is 0.191 e. The molecule has 0 unspecified atom stereocenters. The number of nitrogens with zero attached hydrogens (tertiary/aromatic N) is 2. The summed E-state index contributed by atoms with van der Waals surface area (Å²) in [5.41, 5.74) is 7.81. The van der Waals surface area contributed by atoms with Crippen LogP contribution in [-0.2, 0) is 6.54 Å². The molecule has 1 aliphatic rings. The summed E-state index contributed by atoms with van der Waals surface area (Å²) in [7, 11) is 0. The first-order valence-electron chi connectivity index (χ1n) is 5.40. The molecular weight excluding hydrogens is 198 g/mol. The first kappa shape index (κ1) is 10.6. The number of likely N-dealkylation sites (tertiary alicyclic amines) is 1. The first-order chi connectivity index (χ1) is 7.79. The molecule has 2 rings (SSSR count). The van der Waals surface area contributed by atoms with Gasteiger partial charge < -0.3 is 10.6 Å². The summed E-state index contributed by atoms with van der Waals surface area (Å²) in [4.78, 5) is 6.42. The van der Waals surface area contributed by atoms with E-state index in [0.717, 1.165) is 24.2 Å². The molecular formula is C13H15N3. The van der Waals surface area contributed by atoms with Crippen molar-refractivity contribution in [2.75, 3.05) is 13.1 Å². The second kappa shape index (κ2) is 4.71. The summed E-state index contributed by atoms with van der Waals surface area (Å²) in [5.74, 6) is 3.25. The zero-order valence-electron chi connectivity index (χ0n) is 9.19. The molecule has 0 aromatic heterocycles. The Balaban J connectivity index is 2.00. The molecule has 1 fully saturated rings. The largest absolute Gasteiger partial charge is 0.370 e. The molecule has 0 radical (unpaired) electrons. The van der Waals surface area contributed by atoms with Crippen molar-refractivity contribution in [2.45, 2.75) is 13.0 Å². The van der Waals surface area contributed by atoms with E-state index in [2.05, 4.69) is 15.8 Å². The van der Waals surface area contributed by atoms with Gasteiger partial charge in [0.15, 0.2) is 5.96 Å². The highest BCUT2D eigenvalue weighted by Gasteiger charge is 2.15. The number of hydrogen-bond acceptors (Lipinski definition) is 1. The molecule has 1 aliphatic heterocycles. The van der Waals surface area contributed by atoms with E-state index >= 15 is 0 Å². The number of nitrogens with two attached hydrogens (primary N) is 1. The predicted molar refractivity (Wildman–Crippen MR) is 65.9 cm³/mol. The van der Waals surface area contributed by atoms with Crippen LogP contribution in [-0.4, -0.2) is 23.9 Å². The van der Waals surface area contributed by atoms with E-state index < -0.39 is 0 Å². The molecule has 1 heterocycles. The van der Waals surface area contributed by atoms with Gasteiger partial charge in [-0.05, 0) is 24.1 Å². The smallest absolute Gasteiger partial charge is 0.191 e. The van der Waals surface area contributed by atoms with Gasteiger partial charge >= 0.3 is 0 Å². The van der Waals surface area contributed by atoms with Crippen molar-refractivity contribution < 1.29 is 0 Å². The van der Waals surface area contributed by atoms with Gasteiger partial charge in [-0.1, -0.05) is 18.1 Å². The molecule has 2 N–H and O–H groups in total. The highest BCUT2D eigenvalue weighted by atomic mass is 15.3. The Morgan fingerprint density at radius 1 is 1.50 bits per heavy atom. The summed E-state index contributed by atoms with van der Waals surface area (Å²) in [5, 5.41) is 0. The van der Waals surface area contributed by atoms with Crippen LogP contribution in [0.2, 0.25) is 0 Å². The number of benzene rings is 1. The van der Waals surface area contributed by atoms with E-state index in [1.807, 2.05) is 24.3 Å². The standard InChI is InChI=1S/C13H15N3/c1-2-11-5-3-6-12(9-11)10-15-13(14)16-7-4-8-16/h1,3,5-6,9H,4,7-8,10H2,(H2,14,15). The highest BCUT2D eigenvalue weighted by molar-refractivity contribution is 5.78. The van der Waals surface area contributed by atoms with E-state index in [1.54, 1.807) is 0 Å². The average molecular weight is 213 g/mol. The Morgan fingerprint density at radius 2 is 2.31 bits per heavy atom. The molecule has 1 saturated heterocycles. The number of hydrogen-bond donors (Lipinski definition) is 1. The fraction of sp³-hybridized carbons (Fsp3) is 0.308. The Labute approximate surface area is 96.0 Å². The monoisotopic (exact) mass is 213 g/mol. The van der Waals surface area contributed by atoms with Crippen molar-refractivity contribution in [3.05, 3.63) is 35.4 Å². The minimum Gasteiger partial charge on any atom is -0.370 e. The van der Waals surface area contributed by atoms with Gasteiger partial charge in [-0.2, -0.15) is 0 Å². The van der Waals surface area contributed by atoms with E-state index in [9.17, 15) is 0 Å². The second-order valence-corrected chi connectivity index (χ2v) is 3.86. The Morgan fingerprint density at radius 3 is 2.94 bits per heavy atom. The van der Waals surface area contributed by atoms with Crippen molar-refractivity contribution in [3.63, 3.8) is 0 Å². The molecule has 3 nitrogen and oxygen atoms in total. The lowest BCUT2D eigenvalue weighted by Gasteiger charge is -2.31. The molecule has 0 atom stereocenters. The lowest BCUT2D eigenvalue weighted by Crippen LogP contribution is -2.46. The Bertz CT molecular complexity index is 439. The number of guanidine groups is 1. The molecule has 0 saturated carbocycles. The van der Waals surface area contributed by atoms with Gasteiger partial charge in [-0.3, -0.25) is 0 Å². The van der Waals surface area contributed by atoms with Crippen LogP contribution in [0.1, 0.15) is 17.5 Å². The van der Waals surface area contributed by atoms with Crippen LogP contribution >= 0.6 is 0 Å². The van der Waals surface area contributed by atoms with E-state index in [4.69, 9.17) is 12.2 Å². The molecule has 1 aromatic rings. The number of rotatable bonds is 2. The normalized spacial score (nSPS) is 15.4. The molecule has 82 valence electrons. The third-order valence-electron chi connectivity index (χ3n) is 2.70. The van der Waals surface area contributed by atoms with Crippen LogP contribution in [0.5, 0.6) is 0 Å². The van der Waals surface area contributed by atoms with Crippen LogP contribution in [0.4, 0.5) is 0 Å². The quantitative estimate of drug-likeness (QED) is 0.455. The highest BCUT2D eigenvalue weighted by Crippen LogP contribution is 2.08. The first-order valence-corrected chi connectivity index (χ1v) is 5.40. The van der Waals surface area contributed by atoms with Crippen molar-refractivity contribution in [1.82, 2.24) is 4.90 Å². The summed E-state index contributed by atoms with van der Waals surface area (Å²) in [6, 6.07) is 7.83. The van der Waals surface area contributed by atoms with Crippen molar-refractivity contribution in [1.29, 1.82) is 0 Å². The molecule has 0 bridgehead atoms. The zero-order chi connectivity index (χ0) is 11.4. The Hall–Kier alpha value is -1.95. The average Bonchev–Trinajstić information content (AvgIpc) is 2.24. The van der Waals surface area contributed by atoms with E-state index in [1.165, 1.54) is 6.42 Å². The predicted octanol–water partition coefficient (Wildman–Crippen LogP) is 1.19. The fourth-order valence-electron chi connectivity index (χ4n) is 1.58. The second-order valence-electron chi connectivity index (χ2n) is 3.86. The van der Waals surface area contributed by atoms with Gasteiger partial charge in [-0.25, -0.2) is 4.99 Å². The molecule has 3 heteroatoms. The summed E-state index contributed by atoms with van der Waals surface area (Å²) in [6.45, 7) is 2.65. The van der Waals surface area contributed by atoms with Gasteiger partial charge in [-0.15, -0.1) is 6.42 Å². The summed E-state index contributed by atoms with van der Waals surface area (Å²) < 4.78 is 0. The van der Waals surface area contributed by atoms with Crippen LogP contribution < -0.4 is 5.73 Å². The SMILES string of the molecule is C#Cc1cccc(CN=C(N)N2CCC2)c1. The molecule has 0 amide bonds. The third-order valence-corrected chi connectivity index (χ3v) is 2.70. The number of terminal acetylenes is 1. The minimum absolute atomic E-state index is 0.595. The maximum atomic E-state index is 5.83. The summed E-state index contributed by atoms with van der Waals surface area (Å²) >= 11 is 0. The van der Waals surface area contributed by atoms with Gasteiger partial charge in [0, 0.05) is 18.7 Å². The maximum absolute atomic E-state index is 5.83. The summed E-state index contributed by atoms with van der Waals surface area (Å²) in [6.07, 6.45) is 6.55. The van der Waals surface area contributed by atoms with E-state index in [0.29, 0.717) is 12.5 Å². The van der Waals surface area contributed by atoms with Gasteiger partial charge in [0.1, 0.15) is 0 Å². The molecule has 0 aliphatic carbocycles. The molecule has 1 aromatic carbocycles.